The van der Waals surface area contributed by atoms with Crippen molar-refractivity contribution in [2.24, 2.45) is 0 Å². The van der Waals surface area contributed by atoms with E-state index in [1.54, 1.807) is 0 Å². The summed E-state index contributed by atoms with van der Waals surface area (Å²) in [5, 5.41) is 9.53. The van der Waals surface area contributed by atoms with E-state index in [9.17, 15) is 14.7 Å². The summed E-state index contributed by atoms with van der Waals surface area (Å²) in [7, 11) is 0. The Morgan fingerprint density at radius 1 is 0.478 bits per heavy atom. The predicted molar refractivity (Wildman–Crippen MR) is 196 cm³/mol. The Bertz CT molecular complexity index is 661. The molecular weight excluding hydrogens is 572 g/mol. The van der Waals surface area contributed by atoms with Crippen LogP contribution in [-0.2, 0) is 19.1 Å². The SMILES string of the molecule is CCCCC=CCCCCCCCC(=O)O[C@@H](CO)COC(=O)CCCCCCCCCCCCCCCCCCCCCCC. The summed E-state index contributed by atoms with van der Waals surface area (Å²) in [5.41, 5.74) is 0. The molecule has 0 radical (unpaired) electrons. The summed E-state index contributed by atoms with van der Waals surface area (Å²) in [4.78, 5) is 24.2. The first-order chi connectivity index (χ1) is 22.6. The van der Waals surface area contributed by atoms with Gasteiger partial charge in [-0.1, -0.05) is 187 Å². The van der Waals surface area contributed by atoms with E-state index in [-0.39, 0.29) is 25.2 Å². The van der Waals surface area contributed by atoms with Crippen LogP contribution < -0.4 is 0 Å². The van der Waals surface area contributed by atoms with Crippen molar-refractivity contribution in [2.45, 2.75) is 225 Å². The molecule has 0 saturated heterocycles. The number of esters is 2. The minimum atomic E-state index is -0.768. The lowest BCUT2D eigenvalue weighted by molar-refractivity contribution is -0.161. The smallest absolute Gasteiger partial charge is 0.306 e. The molecule has 0 spiro atoms. The Balaban J connectivity index is 3.46. The van der Waals surface area contributed by atoms with Crippen molar-refractivity contribution in [1.82, 2.24) is 0 Å². The van der Waals surface area contributed by atoms with Gasteiger partial charge >= 0.3 is 11.9 Å². The molecule has 0 aliphatic carbocycles. The Morgan fingerprint density at radius 2 is 0.826 bits per heavy atom. The second kappa shape index (κ2) is 38.1. The molecule has 46 heavy (non-hydrogen) atoms. The number of aliphatic hydroxyl groups is 1. The van der Waals surface area contributed by atoms with Crippen molar-refractivity contribution in [3.05, 3.63) is 12.2 Å². The van der Waals surface area contributed by atoms with Crippen LogP contribution in [0.25, 0.3) is 0 Å². The first-order valence-electron chi connectivity index (χ1n) is 20.2. The molecule has 0 unspecified atom stereocenters. The zero-order chi connectivity index (χ0) is 33.6. The van der Waals surface area contributed by atoms with Crippen molar-refractivity contribution in [2.75, 3.05) is 13.2 Å². The Kier molecular flexibility index (Phi) is 37.0. The van der Waals surface area contributed by atoms with E-state index >= 15 is 0 Å². The molecule has 0 rings (SSSR count). The molecular formula is C41H78O5. The van der Waals surface area contributed by atoms with E-state index in [1.807, 2.05) is 0 Å². The number of carbonyl (C=O) groups excluding carboxylic acids is 2. The first kappa shape index (κ1) is 44.6. The fraction of sp³-hybridized carbons (Fsp3) is 0.902. The molecule has 1 atom stereocenters. The molecule has 0 aromatic rings. The molecule has 0 saturated carbocycles. The van der Waals surface area contributed by atoms with Crippen LogP contribution in [0.5, 0.6) is 0 Å². The van der Waals surface area contributed by atoms with E-state index < -0.39 is 6.10 Å². The van der Waals surface area contributed by atoms with Crippen molar-refractivity contribution in [3.8, 4) is 0 Å². The average Bonchev–Trinajstić information content (AvgIpc) is 3.06. The van der Waals surface area contributed by atoms with Crippen LogP contribution in [0.15, 0.2) is 12.2 Å². The van der Waals surface area contributed by atoms with Gasteiger partial charge in [0, 0.05) is 12.8 Å². The van der Waals surface area contributed by atoms with Crippen molar-refractivity contribution < 1.29 is 24.2 Å². The topological polar surface area (TPSA) is 72.8 Å². The average molecular weight is 651 g/mol. The molecule has 5 heteroatoms. The first-order valence-corrected chi connectivity index (χ1v) is 20.2. The van der Waals surface area contributed by atoms with Gasteiger partial charge in [-0.25, -0.2) is 0 Å². The lowest BCUT2D eigenvalue weighted by Gasteiger charge is -2.15. The third kappa shape index (κ3) is 35.5. The van der Waals surface area contributed by atoms with Gasteiger partial charge in [-0.2, -0.15) is 0 Å². The van der Waals surface area contributed by atoms with Crippen LogP contribution >= 0.6 is 0 Å². The van der Waals surface area contributed by atoms with Gasteiger partial charge in [0.05, 0.1) is 6.61 Å². The molecule has 1 N–H and O–H groups in total. The number of rotatable bonds is 37. The third-order valence-corrected chi connectivity index (χ3v) is 9.06. The number of allylic oxidation sites excluding steroid dienone is 2. The number of hydrogen-bond donors (Lipinski definition) is 1. The maximum Gasteiger partial charge on any atom is 0.306 e. The molecule has 0 aromatic heterocycles. The lowest BCUT2D eigenvalue weighted by Crippen LogP contribution is -2.28. The van der Waals surface area contributed by atoms with Gasteiger partial charge in [0.25, 0.3) is 0 Å². The van der Waals surface area contributed by atoms with Crippen molar-refractivity contribution >= 4 is 11.9 Å². The molecule has 0 heterocycles. The van der Waals surface area contributed by atoms with Gasteiger partial charge in [0.2, 0.25) is 0 Å². The van der Waals surface area contributed by atoms with E-state index in [0.717, 1.165) is 38.5 Å². The van der Waals surface area contributed by atoms with Gasteiger partial charge < -0.3 is 14.6 Å². The van der Waals surface area contributed by atoms with Crippen LogP contribution in [0.3, 0.4) is 0 Å². The summed E-state index contributed by atoms with van der Waals surface area (Å²) in [6, 6.07) is 0. The van der Waals surface area contributed by atoms with E-state index in [2.05, 4.69) is 26.0 Å². The van der Waals surface area contributed by atoms with E-state index in [1.165, 1.54) is 154 Å². The highest BCUT2D eigenvalue weighted by molar-refractivity contribution is 5.70. The number of ether oxygens (including phenoxy) is 2. The standard InChI is InChI=1S/C41H78O5/c1-3-5-7-9-11-13-15-16-17-18-19-20-21-22-23-24-26-27-29-31-33-35-40(43)45-38-39(37-42)46-41(44)36-34-32-30-28-25-14-12-10-8-6-4-2/h10,12,39,42H,3-9,11,13-38H2,1-2H3/t39-/m0/s1. The van der Waals surface area contributed by atoms with E-state index in [4.69, 9.17) is 9.47 Å². The summed E-state index contributed by atoms with van der Waals surface area (Å²) < 4.78 is 10.6. The maximum atomic E-state index is 12.1. The Labute approximate surface area is 286 Å². The number of carbonyl (C=O) groups is 2. The zero-order valence-electron chi connectivity index (χ0n) is 30.9. The minimum absolute atomic E-state index is 0.0634. The second-order valence-electron chi connectivity index (χ2n) is 13.7. The van der Waals surface area contributed by atoms with Crippen LogP contribution in [0.1, 0.15) is 219 Å². The maximum absolute atomic E-state index is 12.1. The summed E-state index contributed by atoms with van der Waals surface area (Å²) in [6.45, 7) is 4.11. The number of unbranched alkanes of at least 4 members (excludes halogenated alkanes) is 27. The van der Waals surface area contributed by atoms with Crippen molar-refractivity contribution in [3.63, 3.8) is 0 Å². The number of aliphatic hydroxyl groups excluding tert-OH is 1. The molecule has 0 amide bonds. The van der Waals surface area contributed by atoms with Gasteiger partial charge in [-0.05, 0) is 32.1 Å². The van der Waals surface area contributed by atoms with Gasteiger partial charge in [0.15, 0.2) is 6.10 Å². The quantitative estimate of drug-likeness (QED) is 0.0411. The van der Waals surface area contributed by atoms with Crippen LogP contribution in [-0.4, -0.2) is 36.4 Å². The van der Waals surface area contributed by atoms with Gasteiger partial charge in [-0.15, -0.1) is 0 Å². The zero-order valence-corrected chi connectivity index (χ0v) is 30.9. The highest BCUT2D eigenvalue weighted by Crippen LogP contribution is 2.16. The largest absolute Gasteiger partial charge is 0.462 e. The second-order valence-corrected chi connectivity index (χ2v) is 13.7. The summed E-state index contributed by atoms with van der Waals surface area (Å²) in [6.07, 6.45) is 42.8. The van der Waals surface area contributed by atoms with Crippen LogP contribution in [0.4, 0.5) is 0 Å². The molecule has 0 bridgehead atoms. The molecule has 0 aromatic carbocycles. The van der Waals surface area contributed by atoms with Gasteiger partial charge in [-0.3, -0.25) is 9.59 Å². The van der Waals surface area contributed by atoms with E-state index in [0.29, 0.717) is 12.8 Å². The van der Waals surface area contributed by atoms with Crippen LogP contribution in [0.2, 0.25) is 0 Å². The molecule has 0 aliphatic heterocycles. The Hall–Kier alpha value is -1.36. The number of hydrogen-bond acceptors (Lipinski definition) is 5. The summed E-state index contributed by atoms with van der Waals surface area (Å²) in [5.74, 6) is -0.592. The fourth-order valence-corrected chi connectivity index (χ4v) is 5.95. The molecule has 272 valence electrons. The third-order valence-electron chi connectivity index (χ3n) is 9.06. The summed E-state index contributed by atoms with van der Waals surface area (Å²) >= 11 is 0. The minimum Gasteiger partial charge on any atom is -0.462 e. The van der Waals surface area contributed by atoms with Crippen LogP contribution in [0, 0.1) is 0 Å². The van der Waals surface area contributed by atoms with Crippen molar-refractivity contribution in [1.29, 1.82) is 0 Å². The fourth-order valence-electron chi connectivity index (χ4n) is 5.95. The lowest BCUT2D eigenvalue weighted by atomic mass is 10.0. The predicted octanol–water partition coefficient (Wildman–Crippen LogP) is 12.5. The highest BCUT2D eigenvalue weighted by atomic mass is 16.6. The molecule has 0 aliphatic rings. The molecule has 5 nitrogen and oxygen atoms in total. The normalized spacial score (nSPS) is 12.2. The molecule has 0 fully saturated rings. The Morgan fingerprint density at radius 3 is 1.24 bits per heavy atom. The highest BCUT2D eigenvalue weighted by Gasteiger charge is 2.16. The van der Waals surface area contributed by atoms with Gasteiger partial charge in [0.1, 0.15) is 6.61 Å². The monoisotopic (exact) mass is 651 g/mol.